The predicted octanol–water partition coefficient (Wildman–Crippen LogP) is 0.848. The van der Waals surface area contributed by atoms with Gasteiger partial charge in [0.2, 0.25) is 0 Å². The Hall–Kier alpha value is -0.970. The molecule has 1 aromatic rings. The summed E-state index contributed by atoms with van der Waals surface area (Å²) in [5.74, 6) is 0. The molecule has 106 valence electrons. The zero-order valence-corrected chi connectivity index (χ0v) is 12.3. The molecule has 0 bridgehead atoms. The molecule has 2 atom stereocenters. The Balaban J connectivity index is 2.06. The van der Waals surface area contributed by atoms with Crippen LogP contribution in [0.3, 0.4) is 0 Å². The minimum absolute atomic E-state index is 0.488. The summed E-state index contributed by atoms with van der Waals surface area (Å²) in [5, 5.41) is 3.66. The molecule has 0 saturated carbocycles. The van der Waals surface area contributed by atoms with Gasteiger partial charge >= 0.3 is 0 Å². The van der Waals surface area contributed by atoms with E-state index in [0.29, 0.717) is 12.1 Å². The fourth-order valence-corrected chi connectivity index (χ4v) is 2.86. The molecule has 4 heteroatoms. The number of nitrogens with zero attached hydrogens (tertiary/aromatic N) is 3. The lowest BCUT2D eigenvalue weighted by atomic mass is 9.97. The summed E-state index contributed by atoms with van der Waals surface area (Å²) in [7, 11) is 4.46. The fourth-order valence-electron chi connectivity index (χ4n) is 2.86. The molecule has 0 amide bonds. The number of piperazine rings is 1. The molecule has 1 N–H and O–H groups in total. The average Bonchev–Trinajstić information content (AvgIpc) is 2.42. The lowest BCUT2D eigenvalue weighted by Gasteiger charge is -2.42. The van der Waals surface area contributed by atoms with Crippen molar-refractivity contribution in [1.82, 2.24) is 20.1 Å². The maximum absolute atomic E-state index is 4.23. The van der Waals surface area contributed by atoms with Crippen molar-refractivity contribution >= 4 is 0 Å². The largest absolute Gasteiger partial charge is 0.312 e. The van der Waals surface area contributed by atoms with E-state index in [1.807, 2.05) is 18.5 Å². The number of aromatic nitrogens is 1. The van der Waals surface area contributed by atoms with Crippen molar-refractivity contribution in [3.05, 3.63) is 30.1 Å². The van der Waals surface area contributed by atoms with Gasteiger partial charge < -0.3 is 10.2 Å². The first-order chi connectivity index (χ1) is 9.20. The number of nitrogens with one attached hydrogen (secondary N) is 1. The molecule has 0 aliphatic carbocycles. The van der Waals surface area contributed by atoms with Gasteiger partial charge in [-0.25, -0.2) is 0 Å². The molecule has 4 nitrogen and oxygen atoms in total. The summed E-state index contributed by atoms with van der Waals surface area (Å²) in [5.41, 5.74) is 1.31. The van der Waals surface area contributed by atoms with Crippen LogP contribution >= 0.6 is 0 Å². The van der Waals surface area contributed by atoms with Gasteiger partial charge in [-0.15, -0.1) is 0 Å². The molecule has 1 aliphatic rings. The van der Waals surface area contributed by atoms with Gasteiger partial charge in [-0.05, 0) is 38.7 Å². The fraction of sp³-hybridized carbons (Fsp3) is 0.667. The molecule has 0 aromatic carbocycles. The van der Waals surface area contributed by atoms with Crippen LogP contribution in [0.1, 0.15) is 12.5 Å². The van der Waals surface area contributed by atoms with Crippen LogP contribution in [0.2, 0.25) is 0 Å². The zero-order chi connectivity index (χ0) is 13.7. The van der Waals surface area contributed by atoms with Crippen LogP contribution in [-0.2, 0) is 6.42 Å². The van der Waals surface area contributed by atoms with Crippen LogP contribution in [0.25, 0.3) is 0 Å². The molecule has 1 aromatic heterocycles. The minimum atomic E-state index is 0.488. The van der Waals surface area contributed by atoms with Crippen LogP contribution in [0, 0.1) is 0 Å². The summed E-state index contributed by atoms with van der Waals surface area (Å²) in [6.07, 6.45) is 4.87. The van der Waals surface area contributed by atoms with E-state index < -0.39 is 0 Å². The van der Waals surface area contributed by atoms with Crippen molar-refractivity contribution in [2.24, 2.45) is 0 Å². The summed E-state index contributed by atoms with van der Waals surface area (Å²) in [6, 6.07) is 5.25. The molecule has 2 unspecified atom stereocenters. The van der Waals surface area contributed by atoms with Crippen LogP contribution in [0.4, 0.5) is 0 Å². The summed E-state index contributed by atoms with van der Waals surface area (Å²) in [4.78, 5) is 9.14. The zero-order valence-electron chi connectivity index (χ0n) is 12.3. The number of likely N-dealkylation sites (N-methyl/N-ethyl adjacent to an activating group) is 3. The van der Waals surface area contributed by atoms with Gasteiger partial charge in [-0.1, -0.05) is 13.0 Å². The van der Waals surface area contributed by atoms with Crippen LogP contribution in [-0.4, -0.2) is 67.1 Å². The third-order valence-electron chi connectivity index (χ3n) is 4.01. The van der Waals surface area contributed by atoms with Crippen molar-refractivity contribution in [2.45, 2.75) is 25.4 Å². The molecular formula is C15H26N4. The van der Waals surface area contributed by atoms with E-state index >= 15 is 0 Å². The maximum Gasteiger partial charge on any atom is 0.0377 e. The van der Waals surface area contributed by atoms with Crippen molar-refractivity contribution in [2.75, 3.05) is 40.3 Å². The molecule has 1 saturated heterocycles. The van der Waals surface area contributed by atoms with E-state index in [-0.39, 0.29) is 0 Å². The Bertz CT molecular complexity index is 368. The highest BCUT2D eigenvalue weighted by molar-refractivity contribution is 5.11. The predicted molar refractivity (Wildman–Crippen MR) is 79.3 cm³/mol. The Morgan fingerprint density at radius 1 is 1.42 bits per heavy atom. The lowest BCUT2D eigenvalue weighted by molar-refractivity contribution is 0.0881. The number of hydrogen-bond donors (Lipinski definition) is 1. The van der Waals surface area contributed by atoms with Crippen molar-refractivity contribution < 1.29 is 0 Å². The monoisotopic (exact) mass is 262 g/mol. The van der Waals surface area contributed by atoms with Crippen LogP contribution in [0.5, 0.6) is 0 Å². The SMILES string of the molecule is CCNC(Cc1cccnc1)C1CN(C)CCN1C. The summed E-state index contributed by atoms with van der Waals surface area (Å²) < 4.78 is 0. The van der Waals surface area contributed by atoms with Crippen molar-refractivity contribution in [3.8, 4) is 0 Å². The molecular weight excluding hydrogens is 236 g/mol. The van der Waals surface area contributed by atoms with E-state index in [4.69, 9.17) is 0 Å². The van der Waals surface area contributed by atoms with Gasteiger partial charge in [0.05, 0.1) is 0 Å². The van der Waals surface area contributed by atoms with Gasteiger partial charge in [0.25, 0.3) is 0 Å². The van der Waals surface area contributed by atoms with Crippen molar-refractivity contribution in [3.63, 3.8) is 0 Å². The molecule has 19 heavy (non-hydrogen) atoms. The first-order valence-electron chi connectivity index (χ1n) is 7.21. The Morgan fingerprint density at radius 3 is 2.95 bits per heavy atom. The topological polar surface area (TPSA) is 31.4 Å². The highest BCUT2D eigenvalue weighted by Gasteiger charge is 2.29. The van der Waals surface area contributed by atoms with Crippen LogP contribution in [0.15, 0.2) is 24.5 Å². The average molecular weight is 262 g/mol. The van der Waals surface area contributed by atoms with Crippen molar-refractivity contribution in [1.29, 1.82) is 0 Å². The Morgan fingerprint density at radius 2 is 2.26 bits per heavy atom. The van der Waals surface area contributed by atoms with Crippen LogP contribution < -0.4 is 5.32 Å². The third kappa shape index (κ3) is 4.00. The smallest absolute Gasteiger partial charge is 0.0377 e. The molecule has 1 aliphatic heterocycles. The molecule has 2 rings (SSSR count). The third-order valence-corrected chi connectivity index (χ3v) is 4.01. The number of rotatable bonds is 5. The standard InChI is InChI=1S/C15H26N4/c1-4-17-14(10-13-6-5-7-16-11-13)15-12-18(2)8-9-19(15)3/h5-7,11,14-15,17H,4,8-10,12H2,1-3H3. The Kier molecular flexibility index (Phi) is 5.31. The van der Waals surface area contributed by atoms with Gasteiger partial charge in [0, 0.05) is 44.1 Å². The van der Waals surface area contributed by atoms with E-state index in [0.717, 1.165) is 26.1 Å². The summed E-state index contributed by atoms with van der Waals surface area (Å²) >= 11 is 0. The van der Waals surface area contributed by atoms with Gasteiger partial charge in [-0.3, -0.25) is 9.88 Å². The first-order valence-corrected chi connectivity index (χ1v) is 7.21. The minimum Gasteiger partial charge on any atom is -0.312 e. The van der Waals surface area contributed by atoms with E-state index in [2.05, 4.69) is 47.2 Å². The van der Waals surface area contributed by atoms with Gasteiger partial charge in [0.15, 0.2) is 0 Å². The maximum atomic E-state index is 4.23. The summed E-state index contributed by atoms with van der Waals surface area (Å²) in [6.45, 7) is 6.64. The first kappa shape index (κ1) is 14.4. The van der Waals surface area contributed by atoms with E-state index in [1.165, 1.54) is 12.1 Å². The second-order valence-electron chi connectivity index (χ2n) is 5.54. The molecule has 0 radical (unpaired) electrons. The highest BCUT2D eigenvalue weighted by atomic mass is 15.3. The molecule has 0 spiro atoms. The normalized spacial score (nSPS) is 23.4. The van der Waals surface area contributed by atoms with Gasteiger partial charge in [-0.2, -0.15) is 0 Å². The Labute approximate surface area is 116 Å². The molecule has 1 fully saturated rings. The van der Waals surface area contributed by atoms with E-state index in [1.54, 1.807) is 0 Å². The number of pyridine rings is 1. The van der Waals surface area contributed by atoms with Gasteiger partial charge in [0.1, 0.15) is 0 Å². The molecule has 2 heterocycles. The second kappa shape index (κ2) is 6.98. The highest BCUT2D eigenvalue weighted by Crippen LogP contribution is 2.14. The quantitative estimate of drug-likeness (QED) is 0.852. The number of hydrogen-bond acceptors (Lipinski definition) is 4. The lowest BCUT2D eigenvalue weighted by Crippen LogP contribution is -2.59. The second-order valence-corrected chi connectivity index (χ2v) is 5.54. The van der Waals surface area contributed by atoms with E-state index in [9.17, 15) is 0 Å².